The molecule has 4 aromatic heterocycles. The number of fused-ring (bicyclic) bond motifs is 12. The van der Waals surface area contributed by atoms with Gasteiger partial charge in [0, 0.05) is 65.8 Å². The molecule has 0 saturated heterocycles. The zero-order chi connectivity index (χ0) is 77.6. The molecule has 4 heterocycles. The Kier molecular flexibility index (Phi) is 16.7. The Morgan fingerprint density at radius 1 is 0.181 bits per heavy atom. The lowest BCUT2D eigenvalue weighted by Crippen LogP contribution is -2.14. The maximum atomic E-state index is 6.48. The molecule has 8 nitrogen and oxygen atoms in total. The van der Waals surface area contributed by atoms with E-state index in [0.29, 0.717) is 34.9 Å². The predicted molar refractivity (Wildman–Crippen MR) is 475 cm³/mol. The second-order valence-electron chi connectivity index (χ2n) is 31.2. The minimum atomic E-state index is -0.0840. The van der Waals surface area contributed by atoms with E-state index in [1.807, 2.05) is 84.9 Å². The monoisotopic (exact) mass is 1490 g/mol. The molecule has 0 unspecified atom stereocenters. The lowest BCUT2D eigenvalue weighted by molar-refractivity contribution is 0.660. The molecule has 22 rings (SSSR count). The molecule has 8 heteroatoms. The van der Waals surface area contributed by atoms with E-state index in [9.17, 15) is 0 Å². The van der Waals surface area contributed by atoms with E-state index in [4.69, 9.17) is 38.7 Å². The number of aromatic nitrogens is 6. The number of furan rings is 2. The van der Waals surface area contributed by atoms with Crippen LogP contribution in [0.15, 0.2) is 385 Å². The molecule has 0 spiro atoms. The maximum Gasteiger partial charge on any atom is 0.164 e. The van der Waals surface area contributed by atoms with E-state index < -0.39 is 0 Å². The van der Waals surface area contributed by atoms with Gasteiger partial charge in [-0.05, 0) is 166 Å². The van der Waals surface area contributed by atoms with Crippen LogP contribution in [0.1, 0.15) is 49.9 Å². The molecule has 20 aromatic rings. The summed E-state index contributed by atoms with van der Waals surface area (Å²) in [6, 6.07) is 132. The van der Waals surface area contributed by atoms with Crippen LogP contribution in [0.2, 0.25) is 0 Å². The van der Waals surface area contributed by atoms with Crippen molar-refractivity contribution in [1.82, 2.24) is 29.9 Å². The van der Waals surface area contributed by atoms with Crippen molar-refractivity contribution < 1.29 is 8.83 Å². The molecule has 0 fully saturated rings. The van der Waals surface area contributed by atoms with Crippen molar-refractivity contribution in [1.29, 1.82) is 0 Å². The lowest BCUT2D eigenvalue weighted by atomic mass is 9.81. The Hall–Kier alpha value is -14.9. The van der Waals surface area contributed by atoms with Crippen molar-refractivity contribution in [3.8, 4) is 157 Å². The van der Waals surface area contributed by atoms with E-state index >= 15 is 0 Å². The van der Waals surface area contributed by atoms with Crippen LogP contribution in [0, 0.1) is 0 Å². The van der Waals surface area contributed by atoms with Crippen molar-refractivity contribution in [2.45, 2.75) is 38.5 Å². The summed E-state index contributed by atoms with van der Waals surface area (Å²) in [6.07, 6.45) is 0. The van der Waals surface area contributed by atoms with Crippen LogP contribution in [0.25, 0.3) is 201 Å². The minimum Gasteiger partial charge on any atom is -0.456 e. The molecule has 0 bridgehead atoms. The SMILES string of the molecule is CC1(C)c2ccccc2-c2c(-c3cccc(-c4nc(-c5ccccc5)nc(-c5cccc6oc7ccc(-c8ccc(-c9ccccc9)cc8)cc7c56)n4)c3)cccc21.CC1(C)c2ccccc2-c2ccc(-c3cccc(-c4nc(-c5ccccc5)nc(-c5cccc6oc7ccc(-c8ccc(-c9ccccc9)cc8)cc7c56)n4)c3)cc21. The quantitative estimate of drug-likeness (QED) is 0.119. The second kappa shape index (κ2) is 28.1. The number of hydrogen-bond acceptors (Lipinski definition) is 8. The number of hydrogen-bond donors (Lipinski definition) is 0. The topological polar surface area (TPSA) is 104 Å². The first-order valence-corrected chi connectivity index (χ1v) is 39.5. The zero-order valence-electron chi connectivity index (χ0n) is 64.3. The molecule has 0 radical (unpaired) electrons. The highest BCUT2D eigenvalue weighted by Gasteiger charge is 2.38. The summed E-state index contributed by atoms with van der Waals surface area (Å²) in [6.45, 7) is 9.29. The second-order valence-corrected chi connectivity index (χ2v) is 31.2. The van der Waals surface area contributed by atoms with Crippen molar-refractivity contribution >= 4 is 43.9 Å². The fourth-order valence-electron chi connectivity index (χ4n) is 17.6. The van der Waals surface area contributed by atoms with Crippen LogP contribution in [0.3, 0.4) is 0 Å². The maximum absolute atomic E-state index is 6.48. The van der Waals surface area contributed by atoms with Crippen LogP contribution < -0.4 is 0 Å². The first-order chi connectivity index (χ1) is 57.0. The lowest BCUT2D eigenvalue weighted by Gasteiger charge is -2.22. The molecule has 0 atom stereocenters. The highest BCUT2D eigenvalue weighted by molar-refractivity contribution is 6.14. The fraction of sp³-hybridized carbons (Fsp3) is 0.0556. The summed E-state index contributed by atoms with van der Waals surface area (Å²) < 4.78 is 13.0. The Morgan fingerprint density at radius 2 is 0.483 bits per heavy atom. The minimum absolute atomic E-state index is 0.0840. The molecule has 0 amide bonds. The third-order valence-corrected chi connectivity index (χ3v) is 23.5. The van der Waals surface area contributed by atoms with Gasteiger partial charge in [0.25, 0.3) is 0 Å². The molecule has 2 aliphatic carbocycles. The largest absolute Gasteiger partial charge is 0.456 e. The standard InChI is InChI=1S/2C54H37N3O/c1-54(2)45-23-10-9-20-42(45)49-41(21-12-24-46(49)54)39-18-11-19-40(32-39)52-55-51(37-16-7-4-8-17-37)56-53(57-52)43-22-13-25-48-50(43)44-33-38(30-31-47(44)58-48)36-28-26-35(27-29-36)34-14-5-3-6-15-34;1-54(2)46-21-10-9-19-42(46)43-29-27-40(33-47(43)54)38-17-11-18-41(31-38)52-55-51(37-15-7-4-8-16-37)56-53(57-52)44-20-12-22-49-50(44)45-32-39(28-30-48(45)58-49)36-25-23-35(24-26-36)34-13-5-3-6-14-34/h2*3-33H,1-2H3. The normalized spacial score (nSPS) is 12.8. The molecule has 116 heavy (non-hydrogen) atoms. The average Bonchev–Trinajstić information content (AvgIpc) is 1.58. The smallest absolute Gasteiger partial charge is 0.164 e. The Morgan fingerprint density at radius 3 is 0.991 bits per heavy atom. The third-order valence-electron chi connectivity index (χ3n) is 23.5. The molecule has 0 saturated carbocycles. The predicted octanol–water partition coefficient (Wildman–Crippen LogP) is 28.2. The Bertz CT molecular complexity index is 7230. The molecular formula is C108H74N6O2. The van der Waals surface area contributed by atoms with E-state index in [0.717, 1.165) is 111 Å². The summed E-state index contributed by atoms with van der Waals surface area (Å²) >= 11 is 0. The van der Waals surface area contributed by atoms with Gasteiger partial charge in [0.05, 0.1) is 0 Å². The van der Waals surface area contributed by atoms with Gasteiger partial charge in [0.2, 0.25) is 0 Å². The van der Waals surface area contributed by atoms with Gasteiger partial charge < -0.3 is 8.83 Å². The highest BCUT2D eigenvalue weighted by Crippen LogP contribution is 2.54. The van der Waals surface area contributed by atoms with Gasteiger partial charge in [-0.25, -0.2) is 29.9 Å². The average molecular weight is 1490 g/mol. The van der Waals surface area contributed by atoms with Gasteiger partial charge in [0.15, 0.2) is 34.9 Å². The van der Waals surface area contributed by atoms with Crippen LogP contribution in [-0.2, 0) is 10.8 Å². The van der Waals surface area contributed by atoms with Gasteiger partial charge in [-0.3, -0.25) is 0 Å². The summed E-state index contributed by atoms with van der Waals surface area (Å²) in [4.78, 5) is 31.0. The molecular weight excluding hydrogens is 1410 g/mol. The first kappa shape index (κ1) is 69.1. The fourth-order valence-corrected chi connectivity index (χ4v) is 17.6. The number of rotatable bonds is 12. The van der Waals surface area contributed by atoms with Gasteiger partial charge in [-0.2, -0.15) is 0 Å². The Balaban J connectivity index is 0.000000145. The van der Waals surface area contributed by atoms with E-state index in [-0.39, 0.29) is 10.8 Å². The van der Waals surface area contributed by atoms with E-state index in [1.54, 1.807) is 0 Å². The van der Waals surface area contributed by atoms with Gasteiger partial charge >= 0.3 is 0 Å². The van der Waals surface area contributed by atoms with Crippen LogP contribution >= 0.6 is 0 Å². The molecule has 548 valence electrons. The summed E-state index contributed by atoms with van der Waals surface area (Å²) in [5, 5.41) is 3.99. The third kappa shape index (κ3) is 12.2. The molecule has 0 N–H and O–H groups in total. The molecule has 0 aliphatic heterocycles. The van der Waals surface area contributed by atoms with Gasteiger partial charge in [-0.15, -0.1) is 0 Å². The number of benzene rings is 16. The summed E-state index contributed by atoms with van der Waals surface area (Å²) in [7, 11) is 0. The van der Waals surface area contributed by atoms with Crippen LogP contribution in [-0.4, -0.2) is 29.9 Å². The van der Waals surface area contributed by atoms with Gasteiger partial charge in [0.1, 0.15) is 22.3 Å². The summed E-state index contributed by atoms with van der Waals surface area (Å²) in [5.41, 5.74) is 33.1. The zero-order valence-corrected chi connectivity index (χ0v) is 64.3. The number of nitrogens with zero attached hydrogens (tertiary/aromatic N) is 6. The van der Waals surface area contributed by atoms with E-state index in [2.05, 4.69) is 319 Å². The Labute approximate surface area is 672 Å². The molecule has 2 aliphatic rings. The van der Waals surface area contributed by atoms with Crippen molar-refractivity contribution in [2.75, 3.05) is 0 Å². The molecule has 16 aromatic carbocycles. The summed E-state index contributed by atoms with van der Waals surface area (Å²) in [5.74, 6) is 3.65. The highest BCUT2D eigenvalue weighted by atomic mass is 16.3. The van der Waals surface area contributed by atoms with Crippen LogP contribution in [0.5, 0.6) is 0 Å². The first-order valence-electron chi connectivity index (χ1n) is 39.5. The van der Waals surface area contributed by atoms with E-state index in [1.165, 1.54) is 77.9 Å². The van der Waals surface area contributed by atoms with Crippen molar-refractivity contribution in [3.05, 3.63) is 398 Å². The van der Waals surface area contributed by atoms with Crippen molar-refractivity contribution in [2.24, 2.45) is 0 Å². The van der Waals surface area contributed by atoms with Crippen LogP contribution in [0.4, 0.5) is 0 Å². The van der Waals surface area contributed by atoms with Crippen molar-refractivity contribution in [3.63, 3.8) is 0 Å². The van der Waals surface area contributed by atoms with Gasteiger partial charge in [-0.1, -0.05) is 349 Å².